The predicted molar refractivity (Wildman–Crippen MR) is 74.8 cm³/mol. The van der Waals surface area contributed by atoms with E-state index in [-0.39, 0.29) is 0 Å². The van der Waals surface area contributed by atoms with Crippen molar-refractivity contribution in [3.05, 3.63) is 34.9 Å². The fraction of sp³-hybridized carbons (Fsp3) is 0.462. The molecule has 17 heavy (non-hydrogen) atoms. The number of nitrogens with one attached hydrogen (secondary N) is 2. The lowest BCUT2D eigenvalue weighted by atomic mass is 10.1. The highest BCUT2D eigenvalue weighted by Gasteiger charge is 1.98. The summed E-state index contributed by atoms with van der Waals surface area (Å²) in [6.45, 7) is 6.59. The maximum absolute atomic E-state index is 6.08. The van der Waals surface area contributed by atoms with Gasteiger partial charge in [0.05, 0.1) is 0 Å². The largest absolute Gasteiger partial charge is 0.357 e. The molecule has 0 heterocycles. The molecule has 0 saturated carbocycles. The van der Waals surface area contributed by atoms with Crippen molar-refractivity contribution in [2.45, 2.75) is 20.3 Å². The lowest BCUT2D eigenvalue weighted by molar-refractivity contribution is 0.833. The summed E-state index contributed by atoms with van der Waals surface area (Å²) in [6, 6.07) is 7.90. The quantitative estimate of drug-likeness (QED) is 0.625. The van der Waals surface area contributed by atoms with Gasteiger partial charge in [0, 0.05) is 24.7 Å². The number of nitrogens with zero attached hydrogens (tertiary/aromatic N) is 1. The topological polar surface area (TPSA) is 36.4 Å². The molecule has 2 N–H and O–H groups in total. The van der Waals surface area contributed by atoms with E-state index < -0.39 is 0 Å². The average Bonchev–Trinajstić information content (AvgIpc) is 2.32. The van der Waals surface area contributed by atoms with Crippen molar-refractivity contribution >= 4 is 17.6 Å². The molecule has 0 aliphatic carbocycles. The fourth-order valence-corrected chi connectivity index (χ4v) is 1.73. The molecule has 0 radical (unpaired) electrons. The van der Waals surface area contributed by atoms with Crippen LogP contribution in [0.3, 0.4) is 0 Å². The highest BCUT2D eigenvalue weighted by Crippen LogP contribution is 2.15. The molecule has 0 aliphatic rings. The van der Waals surface area contributed by atoms with Crippen LogP contribution in [0.15, 0.2) is 29.3 Å². The number of guanidine groups is 1. The zero-order valence-electron chi connectivity index (χ0n) is 10.5. The molecule has 0 fully saturated rings. The number of halogens is 1. The lowest BCUT2D eigenvalue weighted by Gasteiger charge is -2.09. The highest BCUT2D eigenvalue weighted by molar-refractivity contribution is 6.31. The van der Waals surface area contributed by atoms with Crippen LogP contribution >= 0.6 is 11.6 Å². The van der Waals surface area contributed by atoms with Crippen LogP contribution in [0.4, 0.5) is 0 Å². The smallest absolute Gasteiger partial charge is 0.191 e. The molecule has 0 spiro atoms. The van der Waals surface area contributed by atoms with Crippen molar-refractivity contribution in [2.75, 3.05) is 19.6 Å². The first-order chi connectivity index (χ1) is 8.27. The Labute approximate surface area is 108 Å². The van der Waals surface area contributed by atoms with Crippen molar-refractivity contribution < 1.29 is 0 Å². The second-order valence-corrected chi connectivity index (χ2v) is 4.04. The van der Waals surface area contributed by atoms with Crippen LogP contribution in [0.1, 0.15) is 19.4 Å². The van der Waals surface area contributed by atoms with Crippen molar-refractivity contribution in [1.29, 1.82) is 0 Å². The van der Waals surface area contributed by atoms with E-state index in [9.17, 15) is 0 Å². The van der Waals surface area contributed by atoms with E-state index >= 15 is 0 Å². The first-order valence-corrected chi connectivity index (χ1v) is 6.41. The lowest BCUT2D eigenvalue weighted by Crippen LogP contribution is -2.37. The van der Waals surface area contributed by atoms with Crippen LogP contribution in [-0.2, 0) is 6.42 Å². The van der Waals surface area contributed by atoms with Crippen LogP contribution < -0.4 is 10.6 Å². The monoisotopic (exact) mass is 253 g/mol. The summed E-state index contributed by atoms with van der Waals surface area (Å²) >= 11 is 6.08. The van der Waals surface area contributed by atoms with Gasteiger partial charge in [-0.15, -0.1) is 0 Å². The van der Waals surface area contributed by atoms with E-state index in [2.05, 4.69) is 29.5 Å². The highest BCUT2D eigenvalue weighted by atomic mass is 35.5. The summed E-state index contributed by atoms with van der Waals surface area (Å²) in [5.74, 6) is 0.863. The van der Waals surface area contributed by atoms with Crippen LogP contribution in [0.2, 0.25) is 5.02 Å². The second kappa shape index (κ2) is 7.96. The third-order valence-corrected chi connectivity index (χ3v) is 2.67. The molecule has 1 aromatic rings. The van der Waals surface area contributed by atoms with E-state index in [4.69, 9.17) is 11.6 Å². The van der Waals surface area contributed by atoms with Gasteiger partial charge in [0.1, 0.15) is 0 Å². The van der Waals surface area contributed by atoms with E-state index in [1.165, 1.54) is 0 Å². The number of rotatable bonds is 5. The van der Waals surface area contributed by atoms with Gasteiger partial charge in [-0.2, -0.15) is 0 Å². The van der Waals surface area contributed by atoms with Gasteiger partial charge < -0.3 is 10.6 Å². The molecule has 0 atom stereocenters. The molecule has 94 valence electrons. The third-order valence-electron chi connectivity index (χ3n) is 2.30. The molecule has 0 saturated heterocycles. The van der Waals surface area contributed by atoms with Crippen molar-refractivity contribution in [1.82, 2.24) is 10.6 Å². The van der Waals surface area contributed by atoms with Gasteiger partial charge >= 0.3 is 0 Å². The number of hydrogen-bond acceptors (Lipinski definition) is 1. The van der Waals surface area contributed by atoms with Crippen molar-refractivity contribution in [3.63, 3.8) is 0 Å². The number of benzene rings is 1. The normalized spacial score (nSPS) is 9.82. The van der Waals surface area contributed by atoms with Gasteiger partial charge in [-0.25, -0.2) is 0 Å². The van der Waals surface area contributed by atoms with Gasteiger partial charge in [0.25, 0.3) is 0 Å². The summed E-state index contributed by atoms with van der Waals surface area (Å²) in [6.07, 6.45) is 0.861. The van der Waals surface area contributed by atoms with E-state index in [0.717, 1.165) is 42.6 Å². The number of aliphatic imine (C=N–C) groups is 1. The molecule has 0 bridgehead atoms. The summed E-state index contributed by atoms with van der Waals surface area (Å²) in [4.78, 5) is 4.48. The molecule has 1 aromatic carbocycles. The Hall–Kier alpha value is -1.22. The van der Waals surface area contributed by atoms with Crippen LogP contribution in [0, 0.1) is 0 Å². The first kappa shape index (κ1) is 13.8. The summed E-state index contributed by atoms with van der Waals surface area (Å²) in [5, 5.41) is 7.20. The fourth-order valence-electron chi connectivity index (χ4n) is 1.50. The molecule has 0 unspecified atom stereocenters. The molecule has 0 amide bonds. The summed E-state index contributed by atoms with van der Waals surface area (Å²) in [7, 11) is 0. The Morgan fingerprint density at radius 2 is 1.82 bits per heavy atom. The molecule has 1 rings (SSSR count). The molecule has 0 aromatic heterocycles. The first-order valence-electron chi connectivity index (χ1n) is 6.03. The Morgan fingerprint density at radius 3 is 2.41 bits per heavy atom. The van der Waals surface area contributed by atoms with Crippen LogP contribution in [-0.4, -0.2) is 25.6 Å². The number of hydrogen-bond donors (Lipinski definition) is 2. The Kier molecular flexibility index (Phi) is 6.48. The third kappa shape index (κ3) is 5.09. The summed E-state index contributed by atoms with van der Waals surface area (Å²) in [5.41, 5.74) is 1.14. The molecular weight excluding hydrogens is 234 g/mol. The van der Waals surface area contributed by atoms with E-state index in [0.29, 0.717) is 0 Å². The van der Waals surface area contributed by atoms with E-state index in [1.54, 1.807) is 0 Å². The minimum absolute atomic E-state index is 0.735. The van der Waals surface area contributed by atoms with Crippen LogP contribution in [0.5, 0.6) is 0 Å². The van der Waals surface area contributed by atoms with Gasteiger partial charge in [-0.3, -0.25) is 4.99 Å². The zero-order valence-corrected chi connectivity index (χ0v) is 11.2. The molecule has 4 heteroatoms. The van der Waals surface area contributed by atoms with Gasteiger partial charge in [-0.1, -0.05) is 29.8 Å². The second-order valence-electron chi connectivity index (χ2n) is 3.63. The maximum atomic E-state index is 6.08. The Morgan fingerprint density at radius 1 is 1.18 bits per heavy atom. The van der Waals surface area contributed by atoms with Crippen molar-refractivity contribution in [3.8, 4) is 0 Å². The summed E-state index contributed by atoms with van der Waals surface area (Å²) < 4.78 is 0. The molecule has 0 aliphatic heterocycles. The minimum Gasteiger partial charge on any atom is -0.357 e. The van der Waals surface area contributed by atoms with Gasteiger partial charge in [-0.05, 0) is 31.9 Å². The van der Waals surface area contributed by atoms with E-state index in [1.807, 2.05) is 24.3 Å². The van der Waals surface area contributed by atoms with Crippen LogP contribution in [0.25, 0.3) is 0 Å². The SMILES string of the molecule is CCNC(=NCCc1ccccc1Cl)NCC. The Bertz CT molecular complexity index is 355. The molecule has 3 nitrogen and oxygen atoms in total. The van der Waals surface area contributed by atoms with Crippen molar-refractivity contribution in [2.24, 2.45) is 4.99 Å². The standard InChI is InChI=1S/C13H20ClN3/c1-3-15-13(16-4-2)17-10-9-11-7-5-6-8-12(11)14/h5-8H,3-4,9-10H2,1-2H3,(H2,15,16,17). The van der Waals surface area contributed by atoms with Gasteiger partial charge in [0.2, 0.25) is 0 Å². The average molecular weight is 254 g/mol. The van der Waals surface area contributed by atoms with Gasteiger partial charge in [0.15, 0.2) is 5.96 Å². The minimum atomic E-state index is 0.735. The molecular formula is C13H20ClN3. The zero-order chi connectivity index (χ0) is 12.5. The maximum Gasteiger partial charge on any atom is 0.191 e. The predicted octanol–water partition coefficient (Wildman–Crippen LogP) is 2.46. The Balaban J connectivity index is 2.49.